The van der Waals surface area contributed by atoms with Crippen LogP contribution in [0, 0.1) is 0 Å². The van der Waals surface area contributed by atoms with E-state index < -0.39 is 0 Å². The highest BCUT2D eigenvalue weighted by Crippen LogP contribution is 2.34. The fourth-order valence-corrected chi connectivity index (χ4v) is 2.86. The lowest BCUT2D eigenvalue weighted by Crippen LogP contribution is -2.52. The van der Waals surface area contributed by atoms with E-state index >= 15 is 0 Å². The maximum atomic E-state index is 5.92. The molecule has 1 saturated carbocycles. The van der Waals surface area contributed by atoms with E-state index in [4.69, 9.17) is 21.1 Å². The lowest BCUT2D eigenvalue weighted by atomic mass is 9.91. The fraction of sp³-hybridized carbons (Fsp3) is 0.538. The third-order valence-electron chi connectivity index (χ3n) is 2.78. The van der Waals surface area contributed by atoms with Crippen LogP contribution < -0.4 is 4.74 Å². The van der Waals surface area contributed by atoms with Crippen molar-refractivity contribution in [2.24, 2.45) is 0 Å². The molecule has 4 heteroatoms. The molecule has 1 aromatic rings. The Balaban J connectivity index is 1.91. The van der Waals surface area contributed by atoms with E-state index in [1.54, 1.807) is 0 Å². The normalized spacial score (nSPS) is 27.6. The predicted molar refractivity (Wildman–Crippen MR) is 73.2 cm³/mol. The van der Waals surface area contributed by atoms with Gasteiger partial charge in [-0.2, -0.15) is 0 Å². The summed E-state index contributed by atoms with van der Waals surface area (Å²) in [6, 6.07) is 7.49. The summed E-state index contributed by atoms with van der Waals surface area (Å²) in [4.78, 5) is 0.401. The third-order valence-corrected chi connectivity index (χ3v) is 3.91. The minimum absolute atomic E-state index is 0.129. The molecule has 1 fully saturated rings. The molecule has 0 bridgehead atoms. The van der Waals surface area contributed by atoms with E-state index in [-0.39, 0.29) is 12.2 Å². The average Bonchev–Trinajstić information content (AvgIpc) is 2.29. The summed E-state index contributed by atoms with van der Waals surface area (Å²) in [6.07, 6.45) is 2.28. The van der Waals surface area contributed by atoms with Crippen LogP contribution in [-0.2, 0) is 4.74 Å². The first-order valence-corrected chi connectivity index (χ1v) is 7.18. The highest BCUT2D eigenvalue weighted by molar-refractivity contribution is 9.09. The van der Waals surface area contributed by atoms with Crippen LogP contribution in [0.4, 0.5) is 0 Å². The van der Waals surface area contributed by atoms with Crippen LogP contribution in [0.1, 0.15) is 19.8 Å². The molecular weight excluding hydrogens is 303 g/mol. The first kappa shape index (κ1) is 13.2. The molecule has 3 unspecified atom stereocenters. The second-order valence-electron chi connectivity index (χ2n) is 4.20. The van der Waals surface area contributed by atoms with E-state index in [0.717, 1.165) is 25.2 Å². The van der Waals surface area contributed by atoms with Gasteiger partial charge in [-0.05, 0) is 24.6 Å². The van der Waals surface area contributed by atoms with E-state index in [9.17, 15) is 0 Å². The lowest BCUT2D eigenvalue weighted by molar-refractivity contribution is -0.0762. The summed E-state index contributed by atoms with van der Waals surface area (Å²) in [7, 11) is 0. The first-order chi connectivity index (χ1) is 8.20. The van der Waals surface area contributed by atoms with Crippen LogP contribution in [-0.4, -0.2) is 23.6 Å². The first-order valence-electron chi connectivity index (χ1n) is 5.88. The molecule has 3 atom stereocenters. The van der Waals surface area contributed by atoms with Crippen molar-refractivity contribution < 1.29 is 9.47 Å². The van der Waals surface area contributed by atoms with Gasteiger partial charge < -0.3 is 9.47 Å². The van der Waals surface area contributed by atoms with Crippen molar-refractivity contribution >= 4 is 27.5 Å². The van der Waals surface area contributed by atoms with Gasteiger partial charge in [-0.15, -0.1) is 0 Å². The number of alkyl halides is 1. The molecule has 2 rings (SSSR count). The zero-order chi connectivity index (χ0) is 12.3. The van der Waals surface area contributed by atoms with E-state index in [0.29, 0.717) is 9.85 Å². The van der Waals surface area contributed by atoms with Crippen molar-refractivity contribution in [3.63, 3.8) is 0 Å². The van der Waals surface area contributed by atoms with E-state index in [1.165, 1.54) is 0 Å². The van der Waals surface area contributed by atoms with Crippen LogP contribution in [0.2, 0.25) is 5.02 Å². The van der Waals surface area contributed by atoms with Crippen molar-refractivity contribution in [1.29, 1.82) is 0 Å². The number of ether oxygens (including phenoxy) is 2. The summed E-state index contributed by atoms with van der Waals surface area (Å²) in [5.74, 6) is 0.812. The molecule has 0 N–H and O–H groups in total. The molecule has 2 nitrogen and oxygen atoms in total. The molecule has 1 aromatic carbocycles. The second kappa shape index (κ2) is 6.07. The van der Waals surface area contributed by atoms with Gasteiger partial charge in [0.1, 0.15) is 18.0 Å². The molecule has 0 aliphatic heterocycles. The van der Waals surface area contributed by atoms with Crippen LogP contribution in [0.3, 0.4) is 0 Å². The number of benzene rings is 1. The quantitative estimate of drug-likeness (QED) is 0.762. The SMILES string of the molecule is CCCOC1C(Br)CC1Oc1cccc(Cl)c1. The molecule has 0 amide bonds. The standard InChI is InChI=1S/C13H16BrClO2/c1-2-6-16-13-11(14)8-12(13)17-10-5-3-4-9(15)7-10/h3-5,7,11-13H,2,6,8H2,1H3. The van der Waals surface area contributed by atoms with Crippen LogP contribution >= 0.6 is 27.5 Å². The summed E-state index contributed by atoms with van der Waals surface area (Å²) >= 11 is 9.51. The highest BCUT2D eigenvalue weighted by Gasteiger charge is 2.42. The van der Waals surface area contributed by atoms with Gasteiger partial charge in [0.25, 0.3) is 0 Å². The molecule has 1 aliphatic carbocycles. The van der Waals surface area contributed by atoms with Gasteiger partial charge in [0.2, 0.25) is 0 Å². The largest absolute Gasteiger partial charge is 0.488 e. The maximum absolute atomic E-state index is 5.92. The Labute approximate surface area is 115 Å². The Morgan fingerprint density at radius 1 is 1.47 bits per heavy atom. The van der Waals surface area contributed by atoms with Gasteiger partial charge in [-0.1, -0.05) is 40.5 Å². The van der Waals surface area contributed by atoms with E-state index in [2.05, 4.69) is 22.9 Å². The number of hydrogen-bond acceptors (Lipinski definition) is 2. The van der Waals surface area contributed by atoms with Gasteiger partial charge >= 0.3 is 0 Å². The zero-order valence-electron chi connectivity index (χ0n) is 9.74. The number of halogens is 2. The number of rotatable bonds is 5. The minimum atomic E-state index is 0.129. The van der Waals surface area contributed by atoms with Crippen LogP contribution in [0.5, 0.6) is 5.75 Å². The lowest BCUT2D eigenvalue weighted by Gasteiger charge is -2.40. The summed E-state index contributed by atoms with van der Waals surface area (Å²) in [5.41, 5.74) is 0. The summed E-state index contributed by atoms with van der Waals surface area (Å²) in [6.45, 7) is 2.89. The predicted octanol–water partition coefficient (Wildman–Crippen LogP) is 4.05. The van der Waals surface area contributed by atoms with Crippen molar-refractivity contribution in [1.82, 2.24) is 0 Å². The Bertz CT molecular complexity index is 372. The molecule has 0 spiro atoms. The smallest absolute Gasteiger partial charge is 0.127 e. The van der Waals surface area contributed by atoms with Crippen molar-refractivity contribution in [2.75, 3.05) is 6.61 Å². The van der Waals surface area contributed by atoms with Crippen molar-refractivity contribution in [3.8, 4) is 5.75 Å². The number of hydrogen-bond donors (Lipinski definition) is 0. The Morgan fingerprint density at radius 3 is 2.94 bits per heavy atom. The van der Waals surface area contributed by atoms with Gasteiger partial charge in [0.05, 0.1) is 0 Å². The molecule has 0 aromatic heterocycles. The molecular formula is C13H16BrClO2. The summed E-state index contributed by atoms with van der Waals surface area (Å²) < 4.78 is 11.6. The topological polar surface area (TPSA) is 18.5 Å². The Morgan fingerprint density at radius 2 is 2.29 bits per heavy atom. The molecule has 0 heterocycles. The highest BCUT2D eigenvalue weighted by atomic mass is 79.9. The molecule has 94 valence electrons. The van der Waals surface area contributed by atoms with E-state index in [1.807, 2.05) is 24.3 Å². The molecule has 0 radical (unpaired) electrons. The second-order valence-corrected chi connectivity index (χ2v) is 5.81. The zero-order valence-corrected chi connectivity index (χ0v) is 12.1. The fourth-order valence-electron chi connectivity index (χ4n) is 1.82. The molecule has 1 aliphatic rings. The van der Waals surface area contributed by atoms with Crippen LogP contribution in [0.15, 0.2) is 24.3 Å². The van der Waals surface area contributed by atoms with Gasteiger partial charge in [0.15, 0.2) is 0 Å². The summed E-state index contributed by atoms with van der Waals surface area (Å²) in [5, 5.41) is 0.697. The monoisotopic (exact) mass is 318 g/mol. The molecule has 0 saturated heterocycles. The average molecular weight is 320 g/mol. The van der Waals surface area contributed by atoms with Crippen molar-refractivity contribution in [3.05, 3.63) is 29.3 Å². The third kappa shape index (κ3) is 3.36. The molecule has 17 heavy (non-hydrogen) atoms. The Hall–Kier alpha value is -0.250. The minimum Gasteiger partial charge on any atom is -0.488 e. The van der Waals surface area contributed by atoms with Gasteiger partial charge in [0, 0.05) is 22.9 Å². The van der Waals surface area contributed by atoms with Gasteiger partial charge in [-0.25, -0.2) is 0 Å². The Kier molecular flexibility index (Phi) is 4.71. The van der Waals surface area contributed by atoms with Crippen LogP contribution in [0.25, 0.3) is 0 Å². The van der Waals surface area contributed by atoms with Crippen molar-refractivity contribution in [2.45, 2.75) is 36.8 Å². The van der Waals surface area contributed by atoms with Gasteiger partial charge in [-0.3, -0.25) is 0 Å². The maximum Gasteiger partial charge on any atom is 0.127 e.